The van der Waals surface area contributed by atoms with Gasteiger partial charge in [-0.15, -0.1) is 0 Å². The first-order chi connectivity index (χ1) is 14.6. The van der Waals surface area contributed by atoms with Crippen LogP contribution in [-0.2, 0) is 0 Å². The second kappa shape index (κ2) is 8.41. The van der Waals surface area contributed by atoms with Crippen LogP contribution in [-0.4, -0.2) is 22.2 Å². The van der Waals surface area contributed by atoms with E-state index in [9.17, 15) is 5.11 Å². The lowest BCUT2D eigenvalue weighted by molar-refractivity contribution is 0.374. The molecule has 0 saturated carbocycles. The van der Waals surface area contributed by atoms with Gasteiger partial charge in [0, 0.05) is 0 Å². The van der Waals surface area contributed by atoms with Crippen molar-refractivity contribution < 1.29 is 14.6 Å². The Bertz CT molecular complexity index is 1170. The van der Waals surface area contributed by atoms with E-state index in [1.807, 2.05) is 36.4 Å². The van der Waals surface area contributed by atoms with Crippen molar-refractivity contribution in [3.8, 4) is 34.5 Å². The minimum absolute atomic E-state index is 0.000799. The van der Waals surface area contributed by atoms with E-state index in [1.54, 1.807) is 18.2 Å². The molecule has 0 spiro atoms. The molecule has 0 aliphatic carbocycles. The Morgan fingerprint density at radius 2 is 1.70 bits per heavy atom. The molecular formula is C25H24N2O3. The van der Waals surface area contributed by atoms with Gasteiger partial charge in [0.2, 0.25) is 5.88 Å². The van der Waals surface area contributed by atoms with Crippen LogP contribution < -0.4 is 9.47 Å². The smallest absolute Gasteiger partial charge is 0.230 e. The highest BCUT2D eigenvalue weighted by Crippen LogP contribution is 2.37. The normalized spacial score (nSPS) is 12.0. The number of methoxy groups -OCH3 is 1. The van der Waals surface area contributed by atoms with Gasteiger partial charge in [0.1, 0.15) is 5.75 Å². The van der Waals surface area contributed by atoms with Crippen LogP contribution in [0.2, 0.25) is 0 Å². The van der Waals surface area contributed by atoms with E-state index in [1.165, 1.54) is 12.7 Å². The van der Waals surface area contributed by atoms with Crippen molar-refractivity contribution in [3.63, 3.8) is 0 Å². The lowest BCUT2D eigenvalue weighted by atomic mass is 9.99. The SMILES string of the molecule is CC[C@H](C)c1ccc(Oc2nc(-c3cccc(OC)c3O)nc3ccccc23)cc1. The molecule has 3 aromatic carbocycles. The summed E-state index contributed by atoms with van der Waals surface area (Å²) in [6.07, 6.45) is 1.09. The highest BCUT2D eigenvalue weighted by molar-refractivity contribution is 5.86. The topological polar surface area (TPSA) is 64.5 Å². The minimum atomic E-state index is -0.000799. The van der Waals surface area contributed by atoms with E-state index in [0.717, 1.165) is 17.3 Å². The van der Waals surface area contributed by atoms with E-state index in [0.29, 0.717) is 34.7 Å². The summed E-state index contributed by atoms with van der Waals surface area (Å²) in [4.78, 5) is 9.25. The number of aromatic hydroxyl groups is 1. The summed E-state index contributed by atoms with van der Waals surface area (Å²) in [5, 5.41) is 11.4. The molecule has 1 aromatic heterocycles. The summed E-state index contributed by atoms with van der Waals surface area (Å²) in [5.41, 5.74) is 2.49. The summed E-state index contributed by atoms with van der Waals surface area (Å²) in [6.45, 7) is 4.39. The number of phenols is 1. The molecule has 0 unspecified atom stereocenters. The maximum Gasteiger partial charge on any atom is 0.230 e. The maximum absolute atomic E-state index is 10.6. The molecule has 5 heteroatoms. The Kier molecular flexibility index (Phi) is 5.53. The second-order valence-electron chi connectivity index (χ2n) is 7.21. The number of aromatic nitrogens is 2. The molecule has 0 fully saturated rings. The Hall–Kier alpha value is -3.60. The molecule has 152 valence electrons. The van der Waals surface area contributed by atoms with E-state index in [4.69, 9.17) is 9.47 Å². The third-order valence-electron chi connectivity index (χ3n) is 5.30. The number of ether oxygens (including phenoxy) is 2. The third-order valence-corrected chi connectivity index (χ3v) is 5.30. The lowest BCUT2D eigenvalue weighted by Gasteiger charge is -2.13. The van der Waals surface area contributed by atoms with E-state index < -0.39 is 0 Å². The van der Waals surface area contributed by atoms with Crippen LogP contribution in [0, 0.1) is 0 Å². The fourth-order valence-corrected chi connectivity index (χ4v) is 3.32. The monoisotopic (exact) mass is 400 g/mol. The Balaban J connectivity index is 1.78. The molecule has 5 nitrogen and oxygen atoms in total. The van der Waals surface area contributed by atoms with Gasteiger partial charge in [-0.05, 0) is 54.3 Å². The number of nitrogens with zero attached hydrogens (tertiary/aromatic N) is 2. The molecule has 4 rings (SSSR count). The van der Waals surface area contributed by atoms with E-state index in [-0.39, 0.29) is 5.75 Å². The van der Waals surface area contributed by atoms with Crippen LogP contribution in [0.1, 0.15) is 31.7 Å². The first-order valence-electron chi connectivity index (χ1n) is 10.0. The minimum Gasteiger partial charge on any atom is -0.504 e. The van der Waals surface area contributed by atoms with Gasteiger partial charge < -0.3 is 14.6 Å². The second-order valence-corrected chi connectivity index (χ2v) is 7.21. The van der Waals surface area contributed by atoms with Gasteiger partial charge in [0.05, 0.1) is 23.6 Å². The fourth-order valence-electron chi connectivity index (χ4n) is 3.32. The first-order valence-corrected chi connectivity index (χ1v) is 10.0. The van der Waals surface area contributed by atoms with Gasteiger partial charge in [-0.1, -0.05) is 44.2 Å². The molecule has 0 saturated heterocycles. The van der Waals surface area contributed by atoms with Crippen molar-refractivity contribution >= 4 is 10.9 Å². The third kappa shape index (κ3) is 3.79. The van der Waals surface area contributed by atoms with Crippen molar-refractivity contribution in [1.82, 2.24) is 9.97 Å². The van der Waals surface area contributed by atoms with Crippen molar-refractivity contribution in [2.24, 2.45) is 0 Å². The molecular weight excluding hydrogens is 376 g/mol. The molecule has 0 aliphatic rings. The average molecular weight is 400 g/mol. The van der Waals surface area contributed by atoms with Crippen LogP contribution in [0.15, 0.2) is 66.7 Å². The summed E-state index contributed by atoms with van der Waals surface area (Å²) < 4.78 is 11.4. The van der Waals surface area contributed by atoms with Crippen LogP contribution >= 0.6 is 0 Å². The summed E-state index contributed by atoms with van der Waals surface area (Å²) >= 11 is 0. The molecule has 4 aromatic rings. The van der Waals surface area contributed by atoms with Crippen molar-refractivity contribution in [3.05, 3.63) is 72.3 Å². The number of phenolic OH excluding ortho intramolecular Hbond substituents is 1. The molecule has 1 atom stereocenters. The van der Waals surface area contributed by atoms with Crippen molar-refractivity contribution in [1.29, 1.82) is 0 Å². The van der Waals surface area contributed by atoms with Crippen LogP contribution in [0.25, 0.3) is 22.3 Å². The molecule has 30 heavy (non-hydrogen) atoms. The van der Waals surface area contributed by atoms with E-state index >= 15 is 0 Å². The highest BCUT2D eigenvalue weighted by atomic mass is 16.5. The molecule has 0 bridgehead atoms. The van der Waals surface area contributed by atoms with Gasteiger partial charge >= 0.3 is 0 Å². The first kappa shape index (κ1) is 19.7. The molecule has 0 radical (unpaired) electrons. The van der Waals surface area contributed by atoms with Crippen LogP contribution in [0.3, 0.4) is 0 Å². The van der Waals surface area contributed by atoms with Crippen LogP contribution in [0.4, 0.5) is 0 Å². The lowest BCUT2D eigenvalue weighted by Crippen LogP contribution is -1.97. The zero-order chi connectivity index (χ0) is 21.1. The molecule has 0 amide bonds. The van der Waals surface area contributed by atoms with Gasteiger partial charge in [-0.2, -0.15) is 4.98 Å². The van der Waals surface area contributed by atoms with Crippen LogP contribution in [0.5, 0.6) is 23.1 Å². The average Bonchev–Trinajstić information content (AvgIpc) is 2.79. The van der Waals surface area contributed by atoms with Gasteiger partial charge in [-0.25, -0.2) is 4.98 Å². The van der Waals surface area contributed by atoms with Gasteiger partial charge in [-0.3, -0.25) is 0 Å². The number of hydrogen-bond acceptors (Lipinski definition) is 5. The number of rotatable bonds is 6. The van der Waals surface area contributed by atoms with Crippen molar-refractivity contribution in [2.75, 3.05) is 7.11 Å². The highest BCUT2D eigenvalue weighted by Gasteiger charge is 2.16. The van der Waals surface area contributed by atoms with E-state index in [2.05, 4.69) is 35.9 Å². The molecule has 1 heterocycles. The Labute approximate surface area is 176 Å². The Morgan fingerprint density at radius 1 is 0.933 bits per heavy atom. The van der Waals surface area contributed by atoms with Crippen molar-refractivity contribution in [2.45, 2.75) is 26.2 Å². The zero-order valence-electron chi connectivity index (χ0n) is 17.3. The van der Waals surface area contributed by atoms with Gasteiger partial charge in [0.25, 0.3) is 0 Å². The summed E-state index contributed by atoms with van der Waals surface area (Å²) in [6, 6.07) is 21.0. The quantitative estimate of drug-likeness (QED) is 0.410. The standard InChI is InChI=1S/C25H24N2O3/c1-4-16(2)17-12-14-18(15-13-17)30-25-19-8-5-6-10-21(19)26-24(27-25)20-9-7-11-22(29-3)23(20)28/h5-16,28H,4H2,1-3H3/t16-/m0/s1. The summed E-state index contributed by atoms with van der Waals surface area (Å²) in [7, 11) is 1.51. The number of hydrogen-bond donors (Lipinski definition) is 1. The number of benzene rings is 3. The fraction of sp³-hybridized carbons (Fsp3) is 0.200. The largest absolute Gasteiger partial charge is 0.504 e. The molecule has 1 N–H and O–H groups in total. The number of para-hydroxylation sites is 2. The number of fused-ring (bicyclic) bond motifs is 1. The summed E-state index contributed by atoms with van der Waals surface area (Å²) in [5.74, 6) is 2.38. The van der Waals surface area contributed by atoms with Gasteiger partial charge in [0.15, 0.2) is 17.3 Å². The maximum atomic E-state index is 10.6. The predicted octanol–water partition coefficient (Wildman–Crippen LogP) is 6.32. The molecule has 0 aliphatic heterocycles. The predicted molar refractivity (Wildman–Crippen MR) is 118 cm³/mol. The zero-order valence-corrected chi connectivity index (χ0v) is 17.3. The Morgan fingerprint density at radius 3 is 2.43 bits per heavy atom.